The van der Waals surface area contributed by atoms with Crippen molar-refractivity contribution < 1.29 is 24.6 Å². The number of likely N-dealkylation sites (N-methyl/N-ethyl adjacent to an activating group) is 1. The summed E-state index contributed by atoms with van der Waals surface area (Å²) in [6.45, 7) is 0. The van der Waals surface area contributed by atoms with Gasteiger partial charge in [0.05, 0.1) is 5.54 Å². The van der Waals surface area contributed by atoms with E-state index in [0.29, 0.717) is 0 Å². The van der Waals surface area contributed by atoms with E-state index < -0.39 is 11.9 Å². The summed E-state index contributed by atoms with van der Waals surface area (Å²) >= 11 is 0. The van der Waals surface area contributed by atoms with E-state index in [-0.39, 0.29) is 17.0 Å². The third-order valence-corrected chi connectivity index (χ3v) is 7.76. The average molecular weight is 529 g/mol. The van der Waals surface area contributed by atoms with Crippen molar-refractivity contribution in [2.75, 3.05) is 21.1 Å². The largest absolute Gasteiger partial charge is 0.473 e. The van der Waals surface area contributed by atoms with Gasteiger partial charge in [-0.25, -0.2) is 9.59 Å². The SMILES string of the molecule is CN(C)C1(c2ccccc2)CCC(c2ccccc2)(N(C)C(=O)/C=C/c2ccccc2)CC1.O=C(O)C(=O)O. The molecule has 0 heterocycles. The van der Waals surface area contributed by atoms with Crippen molar-refractivity contribution in [1.82, 2.24) is 9.80 Å². The molecule has 3 aromatic carbocycles. The first kappa shape index (κ1) is 29.3. The lowest BCUT2D eigenvalue weighted by Gasteiger charge is -2.53. The Balaban J connectivity index is 0.000000631. The summed E-state index contributed by atoms with van der Waals surface area (Å²) in [7, 11) is 6.33. The van der Waals surface area contributed by atoms with Gasteiger partial charge in [-0.1, -0.05) is 91.0 Å². The fraction of sp³-hybridized carbons (Fsp3) is 0.281. The van der Waals surface area contributed by atoms with Crippen LogP contribution in [-0.2, 0) is 25.5 Å². The van der Waals surface area contributed by atoms with Crippen LogP contribution in [0, 0.1) is 0 Å². The second-order valence-corrected chi connectivity index (χ2v) is 9.94. The molecule has 0 bridgehead atoms. The van der Waals surface area contributed by atoms with Gasteiger partial charge >= 0.3 is 11.9 Å². The van der Waals surface area contributed by atoms with Crippen molar-refractivity contribution in [1.29, 1.82) is 0 Å². The third kappa shape index (κ3) is 6.81. The summed E-state index contributed by atoms with van der Waals surface area (Å²) in [5.41, 5.74) is 3.26. The van der Waals surface area contributed by atoms with Crippen LogP contribution < -0.4 is 0 Å². The zero-order valence-corrected chi connectivity index (χ0v) is 22.7. The first-order chi connectivity index (χ1) is 18.6. The summed E-state index contributed by atoms with van der Waals surface area (Å²) in [4.78, 5) is 35.9. The molecule has 0 radical (unpaired) electrons. The van der Waals surface area contributed by atoms with Crippen molar-refractivity contribution in [3.05, 3.63) is 114 Å². The van der Waals surface area contributed by atoms with Crippen LogP contribution in [0.5, 0.6) is 0 Å². The summed E-state index contributed by atoms with van der Waals surface area (Å²) in [5, 5.41) is 14.8. The fourth-order valence-electron chi connectivity index (χ4n) is 5.44. The lowest BCUT2D eigenvalue weighted by atomic mass is 9.66. The van der Waals surface area contributed by atoms with E-state index in [2.05, 4.69) is 73.6 Å². The minimum Gasteiger partial charge on any atom is -0.473 e. The van der Waals surface area contributed by atoms with Crippen LogP contribution in [0.4, 0.5) is 0 Å². The molecule has 0 unspecified atom stereocenters. The van der Waals surface area contributed by atoms with Crippen LogP contribution in [0.2, 0.25) is 0 Å². The monoisotopic (exact) mass is 528 g/mol. The Morgan fingerprint density at radius 3 is 1.44 bits per heavy atom. The molecule has 7 heteroatoms. The minimum absolute atomic E-state index is 0.0245. The van der Waals surface area contributed by atoms with Gasteiger partial charge in [-0.2, -0.15) is 0 Å². The van der Waals surface area contributed by atoms with Crippen molar-refractivity contribution in [3.63, 3.8) is 0 Å². The van der Waals surface area contributed by atoms with Crippen LogP contribution in [-0.4, -0.2) is 59.0 Å². The van der Waals surface area contributed by atoms with Crippen LogP contribution in [0.3, 0.4) is 0 Å². The highest BCUT2D eigenvalue weighted by atomic mass is 16.4. The Labute approximate surface area is 230 Å². The molecule has 1 saturated carbocycles. The zero-order chi connectivity index (χ0) is 28.5. The van der Waals surface area contributed by atoms with Gasteiger partial charge in [0.15, 0.2) is 0 Å². The van der Waals surface area contributed by atoms with Gasteiger partial charge in [0.1, 0.15) is 0 Å². The minimum atomic E-state index is -1.82. The van der Waals surface area contributed by atoms with Gasteiger partial charge < -0.3 is 15.1 Å². The summed E-state index contributed by atoms with van der Waals surface area (Å²) in [6.07, 6.45) is 7.41. The topological polar surface area (TPSA) is 98.2 Å². The molecule has 39 heavy (non-hydrogen) atoms. The number of aliphatic carboxylic acids is 2. The molecule has 3 aromatic rings. The second kappa shape index (κ2) is 13.0. The number of hydrogen-bond donors (Lipinski definition) is 2. The third-order valence-electron chi connectivity index (χ3n) is 7.76. The predicted molar refractivity (Wildman–Crippen MR) is 152 cm³/mol. The maximum atomic E-state index is 13.4. The average Bonchev–Trinajstić information content (AvgIpc) is 2.97. The van der Waals surface area contributed by atoms with Gasteiger partial charge in [-0.05, 0) is 62.5 Å². The molecule has 0 aromatic heterocycles. The maximum Gasteiger partial charge on any atom is 0.414 e. The molecule has 0 spiro atoms. The molecule has 0 aliphatic heterocycles. The van der Waals surface area contributed by atoms with E-state index in [1.165, 1.54) is 11.1 Å². The van der Waals surface area contributed by atoms with Crippen LogP contribution in [0.15, 0.2) is 97.1 Å². The molecule has 1 aliphatic carbocycles. The Morgan fingerprint density at radius 1 is 0.641 bits per heavy atom. The molecule has 204 valence electrons. The highest BCUT2D eigenvalue weighted by Crippen LogP contribution is 2.50. The highest BCUT2D eigenvalue weighted by molar-refractivity contribution is 6.27. The molecular weight excluding hydrogens is 492 g/mol. The van der Waals surface area contributed by atoms with E-state index in [4.69, 9.17) is 19.8 Å². The van der Waals surface area contributed by atoms with Crippen molar-refractivity contribution >= 4 is 23.9 Å². The number of benzene rings is 3. The molecule has 0 saturated heterocycles. The second-order valence-electron chi connectivity index (χ2n) is 9.94. The van der Waals surface area contributed by atoms with E-state index in [1.807, 2.05) is 54.4 Å². The molecule has 1 aliphatic rings. The normalized spacial score (nSPS) is 20.6. The number of carboxylic acid groups (broad SMARTS) is 2. The smallest absolute Gasteiger partial charge is 0.414 e. The molecule has 1 amide bonds. The van der Waals surface area contributed by atoms with E-state index in [1.54, 1.807) is 6.08 Å². The number of carbonyl (C=O) groups excluding carboxylic acids is 1. The molecule has 0 atom stereocenters. The molecule has 7 nitrogen and oxygen atoms in total. The van der Waals surface area contributed by atoms with Gasteiger partial charge in [0, 0.05) is 18.7 Å². The zero-order valence-electron chi connectivity index (χ0n) is 22.7. The lowest BCUT2D eigenvalue weighted by molar-refractivity contribution is -0.159. The lowest BCUT2D eigenvalue weighted by Crippen LogP contribution is -2.54. The molecule has 4 rings (SSSR count). The summed E-state index contributed by atoms with van der Waals surface area (Å²) in [5.74, 6) is -3.61. The van der Waals surface area contributed by atoms with E-state index in [0.717, 1.165) is 31.2 Å². The maximum absolute atomic E-state index is 13.4. The number of rotatable bonds is 6. The summed E-state index contributed by atoms with van der Waals surface area (Å²) in [6, 6.07) is 31.4. The van der Waals surface area contributed by atoms with Gasteiger partial charge in [-0.15, -0.1) is 0 Å². The fourth-order valence-corrected chi connectivity index (χ4v) is 5.44. The number of nitrogens with zero attached hydrogens (tertiary/aromatic N) is 2. The van der Waals surface area contributed by atoms with E-state index >= 15 is 0 Å². The Morgan fingerprint density at radius 2 is 1.03 bits per heavy atom. The quantitative estimate of drug-likeness (QED) is 0.335. The Hall–Kier alpha value is -4.23. The Kier molecular flexibility index (Phi) is 9.79. The number of carboxylic acids is 2. The molecular formula is C32H36N2O5. The van der Waals surface area contributed by atoms with Crippen molar-refractivity contribution in [2.24, 2.45) is 0 Å². The summed E-state index contributed by atoms with van der Waals surface area (Å²) < 4.78 is 0. The molecule has 2 N–H and O–H groups in total. The van der Waals surface area contributed by atoms with E-state index in [9.17, 15) is 4.79 Å². The number of carbonyl (C=O) groups is 3. The van der Waals surface area contributed by atoms with Crippen LogP contribution >= 0.6 is 0 Å². The molecule has 1 fully saturated rings. The standard InChI is InChI=1S/C30H34N2O.C2H2O4/c1-31(2)29(26-15-9-5-10-16-26)21-23-30(24-22-29,27-17-11-6-12-18-27)32(3)28(33)20-19-25-13-7-4-8-14-25;3-1(4)2(5)6/h4-20H,21-24H2,1-3H3;(H,3,4)(H,5,6)/b20-19+;. The van der Waals surface area contributed by atoms with Crippen LogP contribution in [0.1, 0.15) is 42.4 Å². The van der Waals surface area contributed by atoms with Crippen molar-refractivity contribution in [3.8, 4) is 0 Å². The number of hydrogen-bond acceptors (Lipinski definition) is 4. The van der Waals surface area contributed by atoms with Gasteiger partial charge in [0.2, 0.25) is 5.91 Å². The Bertz CT molecular complexity index is 1250. The van der Waals surface area contributed by atoms with Crippen LogP contribution in [0.25, 0.3) is 6.08 Å². The highest BCUT2D eigenvalue weighted by Gasteiger charge is 2.48. The van der Waals surface area contributed by atoms with Gasteiger partial charge in [-0.3, -0.25) is 9.69 Å². The van der Waals surface area contributed by atoms with Crippen molar-refractivity contribution in [2.45, 2.75) is 36.8 Å². The number of amides is 1. The predicted octanol–water partition coefficient (Wildman–Crippen LogP) is 5.24. The first-order valence-corrected chi connectivity index (χ1v) is 12.9. The first-order valence-electron chi connectivity index (χ1n) is 12.9. The van der Waals surface area contributed by atoms with Gasteiger partial charge in [0.25, 0.3) is 0 Å².